The summed E-state index contributed by atoms with van der Waals surface area (Å²) >= 11 is 0. The van der Waals surface area contributed by atoms with Gasteiger partial charge in [-0.15, -0.1) is 0 Å². The van der Waals surface area contributed by atoms with E-state index in [4.69, 9.17) is 4.74 Å². The van der Waals surface area contributed by atoms with E-state index in [9.17, 15) is 0 Å². The van der Waals surface area contributed by atoms with Gasteiger partial charge in [0.15, 0.2) is 0 Å². The number of nitrogens with zero attached hydrogens (tertiary/aromatic N) is 1. The Morgan fingerprint density at radius 2 is 2.32 bits per heavy atom. The minimum Gasteiger partial charge on any atom is -0.492 e. The van der Waals surface area contributed by atoms with Gasteiger partial charge in [0.2, 0.25) is 0 Å². The third-order valence-electron chi connectivity index (χ3n) is 4.41. The minimum absolute atomic E-state index is 0.610. The molecule has 1 atom stereocenters. The van der Waals surface area contributed by atoms with Gasteiger partial charge in [0.25, 0.3) is 0 Å². The van der Waals surface area contributed by atoms with Crippen molar-refractivity contribution in [2.24, 2.45) is 0 Å². The summed E-state index contributed by atoms with van der Waals surface area (Å²) in [7, 11) is 0. The quantitative estimate of drug-likeness (QED) is 0.898. The van der Waals surface area contributed by atoms with Crippen LogP contribution in [-0.4, -0.2) is 37.2 Å². The number of rotatable bonds is 4. The Bertz CT molecular complexity index is 433. The van der Waals surface area contributed by atoms with Gasteiger partial charge in [-0.3, -0.25) is 4.90 Å². The molecule has 2 heterocycles. The zero-order valence-electron chi connectivity index (χ0n) is 11.8. The second-order valence-corrected chi connectivity index (χ2v) is 5.59. The summed E-state index contributed by atoms with van der Waals surface area (Å²) in [6.45, 7) is 7.53. The highest BCUT2D eigenvalue weighted by Gasteiger charge is 2.23. The molecule has 1 aromatic carbocycles. The Morgan fingerprint density at radius 3 is 3.21 bits per heavy atom. The first-order chi connectivity index (χ1) is 9.36. The van der Waals surface area contributed by atoms with Crippen LogP contribution in [0.15, 0.2) is 18.2 Å². The van der Waals surface area contributed by atoms with Crippen molar-refractivity contribution in [1.82, 2.24) is 10.2 Å². The zero-order chi connectivity index (χ0) is 13.1. The number of hydrogen-bond acceptors (Lipinski definition) is 3. The van der Waals surface area contributed by atoms with Crippen molar-refractivity contribution in [3.63, 3.8) is 0 Å². The summed E-state index contributed by atoms with van der Waals surface area (Å²) in [4.78, 5) is 2.53. The fraction of sp³-hybridized carbons (Fsp3) is 0.625. The van der Waals surface area contributed by atoms with Gasteiger partial charge in [-0.1, -0.05) is 13.0 Å². The van der Waals surface area contributed by atoms with Crippen LogP contribution < -0.4 is 10.1 Å². The maximum absolute atomic E-state index is 6.02. The van der Waals surface area contributed by atoms with E-state index in [1.54, 1.807) is 0 Å². The summed E-state index contributed by atoms with van der Waals surface area (Å²) in [6, 6.07) is 7.19. The van der Waals surface area contributed by atoms with Crippen LogP contribution in [0.5, 0.6) is 5.75 Å². The van der Waals surface area contributed by atoms with Crippen LogP contribution in [-0.2, 0) is 13.0 Å². The van der Waals surface area contributed by atoms with Crippen LogP contribution in [0.2, 0.25) is 0 Å². The van der Waals surface area contributed by atoms with Gasteiger partial charge in [-0.25, -0.2) is 0 Å². The van der Waals surface area contributed by atoms with Crippen molar-refractivity contribution in [2.75, 3.05) is 26.2 Å². The zero-order valence-corrected chi connectivity index (χ0v) is 11.8. The number of ether oxygens (including phenoxy) is 1. The van der Waals surface area contributed by atoms with Gasteiger partial charge >= 0.3 is 0 Å². The van der Waals surface area contributed by atoms with E-state index in [-0.39, 0.29) is 0 Å². The lowest BCUT2D eigenvalue weighted by atomic mass is 10.0. The van der Waals surface area contributed by atoms with Gasteiger partial charge in [0, 0.05) is 12.6 Å². The van der Waals surface area contributed by atoms with Crippen LogP contribution in [0.1, 0.15) is 30.9 Å². The Labute approximate surface area is 115 Å². The first kappa shape index (κ1) is 12.9. The molecule has 0 aliphatic carbocycles. The lowest BCUT2D eigenvalue weighted by Gasteiger charge is -2.23. The van der Waals surface area contributed by atoms with Crippen molar-refractivity contribution < 1.29 is 4.74 Å². The molecule has 0 spiro atoms. The lowest BCUT2D eigenvalue weighted by Crippen LogP contribution is -2.33. The number of fused-ring (bicyclic) bond motifs is 1. The maximum atomic E-state index is 6.02. The molecule has 104 valence electrons. The van der Waals surface area contributed by atoms with Gasteiger partial charge < -0.3 is 10.1 Å². The molecule has 2 aliphatic heterocycles. The van der Waals surface area contributed by atoms with Gasteiger partial charge in [-0.2, -0.15) is 0 Å². The number of hydrogen-bond donors (Lipinski definition) is 1. The van der Waals surface area contributed by atoms with Crippen molar-refractivity contribution in [3.8, 4) is 5.75 Å². The molecular weight excluding hydrogens is 236 g/mol. The molecule has 19 heavy (non-hydrogen) atoms. The van der Waals surface area contributed by atoms with Gasteiger partial charge in [0.1, 0.15) is 12.4 Å². The molecule has 3 rings (SSSR count). The molecule has 1 fully saturated rings. The Morgan fingerprint density at radius 1 is 1.37 bits per heavy atom. The molecule has 1 saturated heterocycles. The molecule has 0 saturated carbocycles. The van der Waals surface area contributed by atoms with Crippen molar-refractivity contribution in [3.05, 3.63) is 29.3 Å². The number of nitrogens with one attached hydrogen (secondary N) is 1. The average Bonchev–Trinajstić information content (AvgIpc) is 2.92. The lowest BCUT2D eigenvalue weighted by molar-refractivity contribution is 0.178. The van der Waals surface area contributed by atoms with Crippen LogP contribution in [0.25, 0.3) is 0 Å². The third-order valence-corrected chi connectivity index (χ3v) is 4.41. The number of likely N-dealkylation sites (tertiary alicyclic amines) is 1. The standard InChI is InChI=1S/C16H24N2O/c1-2-18-9-3-4-15(18)12-19-16-6-5-13-7-8-17-11-14(13)10-16/h5-6,10,15,17H,2-4,7-9,11-12H2,1H3. The molecule has 0 radical (unpaired) electrons. The van der Waals surface area contributed by atoms with Crippen molar-refractivity contribution in [1.29, 1.82) is 0 Å². The van der Waals surface area contributed by atoms with Crippen LogP contribution >= 0.6 is 0 Å². The summed E-state index contributed by atoms with van der Waals surface area (Å²) < 4.78 is 6.02. The predicted molar refractivity (Wildman–Crippen MR) is 77.6 cm³/mol. The molecule has 1 unspecified atom stereocenters. The molecule has 3 heteroatoms. The fourth-order valence-electron chi connectivity index (χ4n) is 3.24. The molecule has 1 N–H and O–H groups in total. The van der Waals surface area contributed by atoms with Gasteiger partial charge in [0.05, 0.1) is 0 Å². The minimum atomic E-state index is 0.610. The summed E-state index contributed by atoms with van der Waals surface area (Å²) in [5.74, 6) is 1.03. The monoisotopic (exact) mass is 260 g/mol. The largest absolute Gasteiger partial charge is 0.492 e. The highest BCUT2D eigenvalue weighted by Crippen LogP contribution is 2.22. The smallest absolute Gasteiger partial charge is 0.119 e. The topological polar surface area (TPSA) is 24.5 Å². The van der Waals surface area contributed by atoms with Crippen molar-refractivity contribution in [2.45, 2.75) is 38.8 Å². The maximum Gasteiger partial charge on any atom is 0.119 e. The highest BCUT2D eigenvalue weighted by atomic mass is 16.5. The molecule has 1 aromatic rings. The van der Waals surface area contributed by atoms with E-state index in [2.05, 4.69) is 35.3 Å². The Balaban J connectivity index is 1.60. The molecular formula is C16H24N2O. The summed E-state index contributed by atoms with van der Waals surface area (Å²) in [5, 5.41) is 3.42. The van der Waals surface area contributed by atoms with Crippen LogP contribution in [0, 0.1) is 0 Å². The van der Waals surface area contributed by atoms with E-state index in [1.807, 2.05) is 0 Å². The van der Waals surface area contributed by atoms with E-state index in [0.29, 0.717) is 6.04 Å². The number of likely N-dealkylation sites (N-methyl/N-ethyl adjacent to an activating group) is 1. The first-order valence-corrected chi connectivity index (χ1v) is 7.56. The number of benzene rings is 1. The molecule has 2 aliphatic rings. The fourth-order valence-corrected chi connectivity index (χ4v) is 3.24. The first-order valence-electron chi connectivity index (χ1n) is 7.56. The third kappa shape index (κ3) is 2.93. The Kier molecular flexibility index (Phi) is 4.04. The van der Waals surface area contributed by atoms with E-state index in [1.165, 1.54) is 30.5 Å². The normalized spacial score (nSPS) is 23.3. The summed E-state index contributed by atoms with van der Waals surface area (Å²) in [6.07, 6.45) is 3.73. The van der Waals surface area contributed by atoms with Crippen LogP contribution in [0.4, 0.5) is 0 Å². The van der Waals surface area contributed by atoms with E-state index < -0.39 is 0 Å². The van der Waals surface area contributed by atoms with Crippen molar-refractivity contribution >= 4 is 0 Å². The van der Waals surface area contributed by atoms with E-state index in [0.717, 1.165) is 38.4 Å². The van der Waals surface area contributed by atoms with Gasteiger partial charge in [-0.05, 0) is 62.2 Å². The predicted octanol–water partition coefficient (Wildman–Crippen LogP) is 2.20. The molecule has 0 aromatic heterocycles. The molecule has 3 nitrogen and oxygen atoms in total. The second kappa shape index (κ2) is 5.93. The summed E-state index contributed by atoms with van der Waals surface area (Å²) in [5.41, 5.74) is 2.88. The molecule has 0 bridgehead atoms. The average molecular weight is 260 g/mol. The second-order valence-electron chi connectivity index (χ2n) is 5.59. The highest BCUT2D eigenvalue weighted by molar-refractivity contribution is 5.37. The Hall–Kier alpha value is -1.06. The van der Waals surface area contributed by atoms with E-state index >= 15 is 0 Å². The van der Waals surface area contributed by atoms with Crippen LogP contribution in [0.3, 0.4) is 0 Å². The molecule has 0 amide bonds. The SMILES string of the molecule is CCN1CCCC1COc1ccc2c(c1)CNCC2.